The quantitative estimate of drug-likeness (QED) is 0.322. The minimum atomic E-state index is -0.274. The van der Waals surface area contributed by atoms with Gasteiger partial charge in [-0.3, -0.25) is 4.99 Å². The molecule has 0 rings (SSSR count). The Balaban J connectivity index is 3.27. The maximum atomic E-state index is 7.13. The fourth-order valence-corrected chi connectivity index (χ4v) is 3.65. The van der Waals surface area contributed by atoms with Gasteiger partial charge in [-0.25, -0.2) is 0 Å². The molecule has 0 aromatic carbocycles. The van der Waals surface area contributed by atoms with Crippen molar-refractivity contribution in [3.05, 3.63) is 0 Å². The van der Waals surface area contributed by atoms with Gasteiger partial charge in [0, 0.05) is 12.5 Å². The van der Waals surface area contributed by atoms with E-state index >= 15 is 0 Å². The zero-order valence-corrected chi connectivity index (χ0v) is 13.7. The van der Waals surface area contributed by atoms with E-state index in [4.69, 9.17) is 5.41 Å². The van der Waals surface area contributed by atoms with Crippen molar-refractivity contribution < 1.29 is 0 Å². The molecule has 0 aliphatic heterocycles. The molecule has 0 saturated carbocycles. The summed E-state index contributed by atoms with van der Waals surface area (Å²) in [5.74, 6) is 0.331. The molecule has 0 amide bonds. The Morgan fingerprint density at radius 3 is 2.89 bits per heavy atom. The average molecular weight is 288 g/mol. The summed E-state index contributed by atoms with van der Waals surface area (Å²) in [4.78, 5) is 4.22. The minimum absolute atomic E-state index is 0.274. The van der Waals surface area contributed by atoms with Gasteiger partial charge in [0.1, 0.15) is 6.16 Å². The van der Waals surface area contributed by atoms with Gasteiger partial charge in [-0.05, 0) is 44.8 Å². The van der Waals surface area contributed by atoms with E-state index in [-0.39, 0.29) is 7.70 Å². The van der Waals surface area contributed by atoms with Crippen LogP contribution in [0.15, 0.2) is 4.99 Å². The molecular weight excluding hydrogens is 260 g/mol. The molecule has 0 heterocycles. The predicted molar refractivity (Wildman–Crippen MR) is 90.9 cm³/mol. The van der Waals surface area contributed by atoms with Gasteiger partial charge in [-0.15, -0.1) is 5.09 Å². The van der Waals surface area contributed by atoms with Crippen LogP contribution in [0.2, 0.25) is 0 Å². The van der Waals surface area contributed by atoms with Crippen LogP contribution in [0.1, 0.15) is 33.1 Å². The van der Waals surface area contributed by atoms with Crippen LogP contribution < -0.4 is 5.09 Å². The van der Waals surface area contributed by atoms with Crippen LogP contribution in [-0.2, 0) is 0 Å². The molecule has 0 aliphatic carbocycles. The molecule has 0 aromatic rings. The van der Waals surface area contributed by atoms with Crippen molar-refractivity contribution in [3.8, 4) is 0 Å². The van der Waals surface area contributed by atoms with E-state index in [1.165, 1.54) is 37.8 Å². The zero-order valence-electron chi connectivity index (χ0n) is 11.8. The first-order valence-electron chi connectivity index (χ1n) is 6.68. The molecule has 0 aromatic heterocycles. The Morgan fingerprint density at radius 1 is 1.44 bits per heavy atom. The summed E-state index contributed by atoms with van der Waals surface area (Å²) < 4.78 is 0. The fraction of sp³-hybridized carbons (Fsp3) is 0.769. The summed E-state index contributed by atoms with van der Waals surface area (Å²) in [6, 6.07) is 0. The number of rotatable bonds is 12. The SMILES string of the molecule is C=[P+](CCCCCPCN=CC)NCC(C)C=N. The van der Waals surface area contributed by atoms with Crippen LogP contribution in [0, 0.1) is 11.3 Å². The Hall–Kier alpha value is -0.100. The van der Waals surface area contributed by atoms with E-state index in [0.29, 0.717) is 5.92 Å². The highest BCUT2D eigenvalue weighted by atomic mass is 31.1. The molecule has 0 radical (unpaired) electrons. The third kappa shape index (κ3) is 12.4. The molecule has 18 heavy (non-hydrogen) atoms. The van der Waals surface area contributed by atoms with Crippen molar-refractivity contribution in [2.45, 2.75) is 33.1 Å². The standard InChI is InChI=1S/C13H28N3P2/c1-4-15-12-17-8-6-5-7-9-18(3)16-11-13(2)10-14/h4,10,13-14,16-17H,3,5-9,11-12H2,1-2H3/q+1. The number of nitrogens with one attached hydrogen (secondary N) is 2. The van der Waals surface area contributed by atoms with E-state index in [9.17, 15) is 0 Å². The van der Waals surface area contributed by atoms with Crippen molar-refractivity contribution in [2.24, 2.45) is 10.9 Å². The summed E-state index contributed by atoms with van der Waals surface area (Å²) in [5.41, 5.74) is 0. The van der Waals surface area contributed by atoms with Gasteiger partial charge < -0.3 is 5.41 Å². The van der Waals surface area contributed by atoms with E-state index in [1.54, 1.807) is 0 Å². The largest absolute Gasteiger partial charge is 0.313 e. The summed E-state index contributed by atoms with van der Waals surface area (Å²) in [7, 11) is 0.719. The second-order valence-corrected chi connectivity index (χ2v) is 7.59. The topological polar surface area (TPSA) is 48.2 Å². The lowest BCUT2D eigenvalue weighted by molar-refractivity contribution is 0.745. The van der Waals surface area contributed by atoms with E-state index in [1.807, 2.05) is 13.1 Å². The lowest BCUT2D eigenvalue weighted by Crippen LogP contribution is -2.15. The number of hydrogen-bond acceptors (Lipinski definition) is 3. The Kier molecular flexibility index (Phi) is 13.3. The van der Waals surface area contributed by atoms with Crippen LogP contribution in [0.3, 0.4) is 0 Å². The first kappa shape index (κ1) is 17.9. The zero-order chi connectivity index (χ0) is 13.6. The number of nitrogens with zero attached hydrogens (tertiary/aromatic N) is 1. The molecule has 0 fully saturated rings. The molecule has 0 bridgehead atoms. The molecular formula is C13H28N3P2+. The Bertz CT molecular complexity index is 255. The molecule has 0 aliphatic rings. The maximum absolute atomic E-state index is 7.13. The second-order valence-electron chi connectivity index (χ2n) is 4.43. The third-order valence-electron chi connectivity index (χ3n) is 2.59. The summed E-state index contributed by atoms with van der Waals surface area (Å²) in [6.45, 7) is 4.94. The summed E-state index contributed by atoms with van der Waals surface area (Å²) in [5, 5.41) is 10.6. The summed E-state index contributed by atoms with van der Waals surface area (Å²) in [6.07, 6.45) is 15.0. The van der Waals surface area contributed by atoms with E-state index in [2.05, 4.69) is 23.3 Å². The molecule has 3 nitrogen and oxygen atoms in total. The van der Waals surface area contributed by atoms with Crippen LogP contribution in [0.4, 0.5) is 0 Å². The van der Waals surface area contributed by atoms with Gasteiger partial charge in [0.25, 0.3) is 0 Å². The smallest absolute Gasteiger partial charge is 0.174 e. The fourth-order valence-electron chi connectivity index (χ4n) is 1.38. The molecule has 2 N–H and O–H groups in total. The predicted octanol–water partition coefficient (Wildman–Crippen LogP) is 3.59. The highest BCUT2D eigenvalue weighted by molar-refractivity contribution is 7.53. The normalized spacial score (nSPS) is 14.4. The summed E-state index contributed by atoms with van der Waals surface area (Å²) >= 11 is 0. The third-order valence-corrected chi connectivity index (χ3v) is 5.19. The minimum Gasteiger partial charge on any atom is -0.313 e. The molecule has 3 atom stereocenters. The lowest BCUT2D eigenvalue weighted by atomic mass is 10.2. The second kappa shape index (κ2) is 13.3. The lowest BCUT2D eigenvalue weighted by Gasteiger charge is -2.02. The molecule has 5 heteroatoms. The van der Waals surface area contributed by atoms with Crippen LogP contribution in [0.25, 0.3) is 0 Å². The van der Waals surface area contributed by atoms with Crippen molar-refractivity contribution in [2.75, 3.05) is 25.2 Å². The van der Waals surface area contributed by atoms with Gasteiger partial charge in [-0.2, -0.15) is 0 Å². The van der Waals surface area contributed by atoms with Crippen molar-refractivity contribution in [1.82, 2.24) is 5.09 Å². The number of hydrogen-bond donors (Lipinski definition) is 2. The number of aliphatic imine (C=N–C) groups is 1. The number of unbranched alkanes of at least 4 members (excludes halogenated alkanes) is 2. The van der Waals surface area contributed by atoms with Gasteiger partial charge >= 0.3 is 0 Å². The van der Waals surface area contributed by atoms with E-state index < -0.39 is 0 Å². The average Bonchev–Trinajstić information content (AvgIpc) is 2.39. The van der Waals surface area contributed by atoms with Crippen molar-refractivity contribution >= 4 is 35.0 Å². The Labute approximate surface area is 115 Å². The van der Waals surface area contributed by atoms with Crippen LogP contribution in [0.5, 0.6) is 0 Å². The monoisotopic (exact) mass is 288 g/mol. The molecule has 0 saturated heterocycles. The Morgan fingerprint density at radius 2 is 2.22 bits per heavy atom. The van der Waals surface area contributed by atoms with Gasteiger partial charge in [-0.1, -0.05) is 15.5 Å². The van der Waals surface area contributed by atoms with Crippen LogP contribution in [-0.4, -0.2) is 43.9 Å². The van der Waals surface area contributed by atoms with Crippen molar-refractivity contribution in [3.63, 3.8) is 0 Å². The van der Waals surface area contributed by atoms with E-state index in [0.717, 1.165) is 21.4 Å². The molecule has 104 valence electrons. The highest BCUT2D eigenvalue weighted by Gasteiger charge is 2.07. The molecule has 0 spiro atoms. The van der Waals surface area contributed by atoms with Crippen LogP contribution >= 0.6 is 16.3 Å². The van der Waals surface area contributed by atoms with Gasteiger partial charge in [0.05, 0.1) is 12.6 Å². The van der Waals surface area contributed by atoms with Gasteiger partial charge in [0.2, 0.25) is 0 Å². The van der Waals surface area contributed by atoms with Crippen molar-refractivity contribution in [1.29, 1.82) is 5.41 Å². The first-order valence-corrected chi connectivity index (χ1v) is 9.80. The maximum Gasteiger partial charge on any atom is 0.174 e. The highest BCUT2D eigenvalue weighted by Crippen LogP contribution is 2.19. The molecule has 3 unspecified atom stereocenters. The van der Waals surface area contributed by atoms with Gasteiger partial charge in [0.15, 0.2) is 7.70 Å². The first-order chi connectivity index (χ1) is 8.70.